The van der Waals surface area contributed by atoms with Gasteiger partial charge in [0.2, 0.25) is 0 Å². The molecule has 2 aromatic rings. The van der Waals surface area contributed by atoms with Crippen LogP contribution in [-0.2, 0) is 12.8 Å². The van der Waals surface area contributed by atoms with Gasteiger partial charge in [-0.15, -0.1) is 23.7 Å². The molecule has 0 radical (unpaired) electrons. The smallest absolute Gasteiger partial charge is 0.263 e. The molecule has 1 aromatic carbocycles. The Kier molecular flexibility index (Phi) is 6.38. The highest BCUT2D eigenvalue weighted by molar-refractivity contribution is 7.17. The first kappa shape index (κ1) is 19.4. The van der Waals surface area contributed by atoms with Gasteiger partial charge in [-0.3, -0.25) is 4.79 Å². The van der Waals surface area contributed by atoms with Crippen LogP contribution >= 0.6 is 23.7 Å². The van der Waals surface area contributed by atoms with Gasteiger partial charge in [0.1, 0.15) is 0 Å². The van der Waals surface area contributed by atoms with E-state index in [0.29, 0.717) is 0 Å². The molecule has 1 aliphatic heterocycles. The SMILES string of the molecule is CNCCC1CCN(C(=O)c2cc3c(s2)-c2ccccc2CC3)CC1.Cl. The summed E-state index contributed by atoms with van der Waals surface area (Å²) in [5.41, 5.74) is 4.11. The summed E-state index contributed by atoms with van der Waals surface area (Å²) in [5.74, 6) is 1.00. The number of hydrogen-bond donors (Lipinski definition) is 1. The second-order valence-electron chi connectivity index (χ2n) is 7.25. The van der Waals surface area contributed by atoms with Crippen molar-refractivity contribution in [2.24, 2.45) is 5.92 Å². The number of nitrogens with zero attached hydrogens (tertiary/aromatic N) is 1. The van der Waals surface area contributed by atoms with Crippen molar-refractivity contribution < 1.29 is 4.79 Å². The standard InChI is InChI=1S/C21H26N2OS.ClH/c1-22-11-8-15-9-12-23(13-10-15)21(24)19-14-17-7-6-16-4-2-3-5-18(16)20(17)25-19;/h2-5,14-15,22H,6-13H2,1H3;1H. The van der Waals surface area contributed by atoms with Crippen molar-refractivity contribution >= 4 is 29.7 Å². The van der Waals surface area contributed by atoms with E-state index in [1.165, 1.54) is 28.0 Å². The Morgan fingerprint density at radius 3 is 2.69 bits per heavy atom. The number of carbonyl (C=O) groups excluding carboxylic acids is 1. The van der Waals surface area contributed by atoms with Crippen molar-refractivity contribution in [1.82, 2.24) is 10.2 Å². The normalized spacial score (nSPS) is 16.6. The molecule has 140 valence electrons. The lowest BCUT2D eigenvalue weighted by atomic mass is 9.91. The zero-order valence-electron chi connectivity index (χ0n) is 15.3. The number of rotatable bonds is 4. The molecule has 4 rings (SSSR count). The van der Waals surface area contributed by atoms with Crippen molar-refractivity contribution in [3.63, 3.8) is 0 Å². The van der Waals surface area contributed by atoms with E-state index in [9.17, 15) is 4.79 Å². The predicted octanol–water partition coefficient (Wildman–Crippen LogP) is 4.40. The van der Waals surface area contributed by atoms with Crippen LogP contribution in [0.25, 0.3) is 10.4 Å². The molecule has 2 aliphatic rings. The first-order chi connectivity index (χ1) is 12.3. The van der Waals surface area contributed by atoms with Crippen molar-refractivity contribution in [2.45, 2.75) is 32.1 Å². The summed E-state index contributed by atoms with van der Waals surface area (Å²) in [7, 11) is 2.01. The van der Waals surface area contributed by atoms with Crippen LogP contribution in [0.2, 0.25) is 0 Å². The van der Waals surface area contributed by atoms with E-state index in [-0.39, 0.29) is 18.3 Å². The third-order valence-electron chi connectivity index (χ3n) is 5.65. The van der Waals surface area contributed by atoms with Crippen LogP contribution in [0.4, 0.5) is 0 Å². The number of piperidine rings is 1. The minimum atomic E-state index is 0. The first-order valence-electron chi connectivity index (χ1n) is 9.41. The van der Waals surface area contributed by atoms with Crippen LogP contribution in [-0.4, -0.2) is 37.5 Å². The molecule has 0 spiro atoms. The average Bonchev–Trinajstić information content (AvgIpc) is 3.11. The van der Waals surface area contributed by atoms with Crippen LogP contribution in [0.1, 0.15) is 40.1 Å². The van der Waals surface area contributed by atoms with Crippen molar-refractivity contribution in [3.05, 3.63) is 46.3 Å². The Morgan fingerprint density at radius 2 is 1.92 bits per heavy atom. The fourth-order valence-electron chi connectivity index (χ4n) is 4.11. The van der Waals surface area contributed by atoms with E-state index < -0.39 is 0 Å². The van der Waals surface area contributed by atoms with E-state index >= 15 is 0 Å². The molecule has 0 saturated carbocycles. The highest BCUT2D eigenvalue weighted by Gasteiger charge is 2.27. The number of likely N-dealkylation sites (tertiary alicyclic amines) is 1. The minimum Gasteiger partial charge on any atom is -0.338 e. The summed E-state index contributed by atoms with van der Waals surface area (Å²) in [4.78, 5) is 17.3. The van der Waals surface area contributed by atoms with Gasteiger partial charge in [0.25, 0.3) is 5.91 Å². The summed E-state index contributed by atoms with van der Waals surface area (Å²) < 4.78 is 0. The molecule has 0 bridgehead atoms. The maximum Gasteiger partial charge on any atom is 0.263 e. The lowest BCUT2D eigenvalue weighted by Gasteiger charge is -2.31. The summed E-state index contributed by atoms with van der Waals surface area (Å²) in [6, 6.07) is 10.8. The third kappa shape index (κ3) is 3.83. The second kappa shape index (κ2) is 8.55. The summed E-state index contributed by atoms with van der Waals surface area (Å²) >= 11 is 1.69. The van der Waals surface area contributed by atoms with Crippen LogP contribution in [0.3, 0.4) is 0 Å². The van der Waals surface area contributed by atoms with E-state index in [1.807, 2.05) is 7.05 Å². The van der Waals surface area contributed by atoms with Gasteiger partial charge in [-0.1, -0.05) is 24.3 Å². The Morgan fingerprint density at radius 1 is 1.19 bits per heavy atom. The molecule has 1 aliphatic carbocycles. The largest absolute Gasteiger partial charge is 0.338 e. The number of thiophene rings is 1. The van der Waals surface area contributed by atoms with Gasteiger partial charge in [0.15, 0.2) is 0 Å². The van der Waals surface area contributed by atoms with Crippen LogP contribution in [0.5, 0.6) is 0 Å². The molecule has 26 heavy (non-hydrogen) atoms. The number of carbonyl (C=O) groups is 1. The third-order valence-corrected chi connectivity index (χ3v) is 6.85. The number of benzene rings is 1. The molecule has 0 unspecified atom stereocenters. The lowest BCUT2D eigenvalue weighted by Crippen LogP contribution is -2.38. The fraction of sp³-hybridized carbons (Fsp3) is 0.476. The van der Waals surface area contributed by atoms with Crippen molar-refractivity contribution in [3.8, 4) is 10.4 Å². The van der Waals surface area contributed by atoms with E-state index in [0.717, 1.165) is 56.1 Å². The molecule has 3 nitrogen and oxygen atoms in total. The van der Waals surface area contributed by atoms with E-state index in [2.05, 4.69) is 40.5 Å². The Labute approximate surface area is 166 Å². The average molecular weight is 391 g/mol. The molecule has 2 heterocycles. The number of aryl methyl sites for hydroxylation is 2. The van der Waals surface area contributed by atoms with Crippen LogP contribution < -0.4 is 5.32 Å². The maximum atomic E-state index is 13.0. The number of halogens is 1. The molecule has 1 N–H and O–H groups in total. The lowest BCUT2D eigenvalue weighted by molar-refractivity contribution is 0.0692. The Hall–Kier alpha value is -1.36. The van der Waals surface area contributed by atoms with E-state index in [4.69, 9.17) is 0 Å². The molecular weight excluding hydrogens is 364 g/mol. The highest BCUT2D eigenvalue weighted by atomic mass is 35.5. The van der Waals surface area contributed by atoms with Gasteiger partial charge in [-0.2, -0.15) is 0 Å². The molecule has 1 amide bonds. The van der Waals surface area contributed by atoms with Gasteiger partial charge >= 0.3 is 0 Å². The maximum absolute atomic E-state index is 13.0. The Balaban J connectivity index is 0.00000196. The zero-order chi connectivity index (χ0) is 17.2. The van der Waals surface area contributed by atoms with E-state index in [1.54, 1.807) is 11.3 Å². The molecule has 1 saturated heterocycles. The topological polar surface area (TPSA) is 32.3 Å². The summed E-state index contributed by atoms with van der Waals surface area (Å²) in [6.07, 6.45) is 5.65. The number of fused-ring (bicyclic) bond motifs is 3. The summed E-state index contributed by atoms with van der Waals surface area (Å²) in [6.45, 7) is 2.90. The fourth-order valence-corrected chi connectivity index (χ4v) is 5.34. The zero-order valence-corrected chi connectivity index (χ0v) is 16.9. The van der Waals surface area contributed by atoms with Gasteiger partial charge in [-0.05, 0) is 74.4 Å². The molecule has 1 aromatic heterocycles. The molecular formula is C21H27ClN2OS. The second-order valence-corrected chi connectivity index (χ2v) is 8.30. The number of hydrogen-bond acceptors (Lipinski definition) is 3. The van der Waals surface area contributed by atoms with Gasteiger partial charge in [0.05, 0.1) is 4.88 Å². The van der Waals surface area contributed by atoms with Crippen LogP contribution in [0, 0.1) is 5.92 Å². The monoisotopic (exact) mass is 390 g/mol. The van der Waals surface area contributed by atoms with Crippen molar-refractivity contribution in [2.75, 3.05) is 26.7 Å². The number of nitrogens with one attached hydrogen (secondary N) is 1. The van der Waals surface area contributed by atoms with Gasteiger partial charge < -0.3 is 10.2 Å². The van der Waals surface area contributed by atoms with Crippen LogP contribution in [0.15, 0.2) is 30.3 Å². The van der Waals surface area contributed by atoms with Crippen molar-refractivity contribution in [1.29, 1.82) is 0 Å². The molecule has 0 atom stereocenters. The predicted molar refractivity (Wildman–Crippen MR) is 112 cm³/mol. The minimum absolute atomic E-state index is 0. The number of amides is 1. The molecule has 5 heteroatoms. The van der Waals surface area contributed by atoms with Gasteiger partial charge in [-0.25, -0.2) is 0 Å². The quantitative estimate of drug-likeness (QED) is 0.839. The van der Waals surface area contributed by atoms with Gasteiger partial charge in [0, 0.05) is 18.0 Å². The summed E-state index contributed by atoms with van der Waals surface area (Å²) in [5, 5.41) is 3.23. The highest BCUT2D eigenvalue weighted by Crippen LogP contribution is 2.40. The molecule has 1 fully saturated rings. The first-order valence-corrected chi connectivity index (χ1v) is 10.2. The Bertz CT molecular complexity index is 765.